The quantitative estimate of drug-likeness (QED) is 0.771. The molecule has 0 aliphatic rings. The van der Waals surface area contributed by atoms with Crippen LogP contribution < -0.4 is 5.73 Å². The summed E-state index contributed by atoms with van der Waals surface area (Å²) in [5.41, 5.74) is 7.74. The fourth-order valence-electron chi connectivity index (χ4n) is 1.93. The minimum Gasteiger partial charge on any atom is -0.346 e. The smallest absolute Gasteiger partial charge is 0.137 e. The molecule has 2 aromatic heterocycles. The molecule has 0 spiro atoms. The van der Waals surface area contributed by atoms with Crippen LogP contribution in [-0.4, -0.2) is 21.4 Å². The number of rotatable bonds is 6. The Morgan fingerprint density at radius 1 is 1.35 bits per heavy atom. The number of nitrogens with zero attached hydrogens (tertiary/aromatic N) is 1. The Balaban J connectivity index is 1.99. The van der Waals surface area contributed by atoms with Crippen LogP contribution in [-0.2, 0) is 6.42 Å². The molecule has 0 aliphatic heterocycles. The van der Waals surface area contributed by atoms with E-state index in [0.717, 1.165) is 42.7 Å². The van der Waals surface area contributed by atoms with Crippen LogP contribution in [0.5, 0.6) is 0 Å². The summed E-state index contributed by atoms with van der Waals surface area (Å²) in [6, 6.07) is 4.14. The van der Waals surface area contributed by atoms with Crippen molar-refractivity contribution in [2.75, 3.05) is 6.54 Å². The molecule has 0 radical (unpaired) electrons. The van der Waals surface area contributed by atoms with Gasteiger partial charge in [0.2, 0.25) is 0 Å². The van der Waals surface area contributed by atoms with E-state index < -0.39 is 0 Å². The van der Waals surface area contributed by atoms with Gasteiger partial charge in [0.15, 0.2) is 0 Å². The zero-order valence-corrected chi connectivity index (χ0v) is 10.6. The molecule has 0 aromatic carbocycles. The van der Waals surface area contributed by atoms with Crippen molar-refractivity contribution >= 4 is 28.1 Å². The molecule has 2 aromatic rings. The Labute approximate surface area is 106 Å². The normalized spacial score (nSPS) is 10.9. The van der Waals surface area contributed by atoms with Gasteiger partial charge in [-0.2, -0.15) is 0 Å². The largest absolute Gasteiger partial charge is 0.346 e. The first-order valence-corrected chi connectivity index (χ1v) is 6.35. The van der Waals surface area contributed by atoms with Crippen molar-refractivity contribution in [3.05, 3.63) is 30.1 Å². The topological polar surface area (TPSA) is 54.7 Å². The van der Waals surface area contributed by atoms with Crippen LogP contribution in [0.2, 0.25) is 0 Å². The fourth-order valence-corrected chi connectivity index (χ4v) is 2.18. The molecule has 4 heteroatoms. The minimum absolute atomic E-state index is 0.720. The molecular weight excluding hydrogens is 230 g/mol. The first kappa shape index (κ1) is 12.2. The Morgan fingerprint density at radius 2 is 2.24 bits per heavy atom. The van der Waals surface area contributed by atoms with Gasteiger partial charge in [-0.15, -0.1) is 0 Å². The van der Waals surface area contributed by atoms with Gasteiger partial charge in [0.05, 0.1) is 0 Å². The maximum Gasteiger partial charge on any atom is 0.137 e. The maximum absolute atomic E-state index is 5.47. The van der Waals surface area contributed by atoms with E-state index in [2.05, 4.69) is 22.1 Å². The molecule has 0 unspecified atom stereocenters. The minimum atomic E-state index is 0.720. The zero-order valence-electron chi connectivity index (χ0n) is 9.78. The molecule has 0 amide bonds. The molecule has 2 rings (SSSR count). The highest BCUT2D eigenvalue weighted by atomic mass is 32.1. The van der Waals surface area contributed by atoms with Crippen LogP contribution in [0, 0.1) is 0 Å². The molecular formula is C13H17N3S. The highest BCUT2D eigenvalue weighted by molar-refractivity contribution is 7.80. The summed E-state index contributed by atoms with van der Waals surface area (Å²) in [5, 5.41) is 1.20. The number of aryl methyl sites for hydroxylation is 1. The van der Waals surface area contributed by atoms with E-state index in [9.17, 15) is 0 Å². The van der Waals surface area contributed by atoms with Crippen molar-refractivity contribution in [3.8, 4) is 0 Å². The van der Waals surface area contributed by atoms with Crippen LogP contribution in [0.1, 0.15) is 24.8 Å². The zero-order chi connectivity index (χ0) is 12.1. The predicted molar refractivity (Wildman–Crippen MR) is 75.3 cm³/mol. The predicted octanol–water partition coefficient (Wildman–Crippen LogP) is 2.60. The molecule has 0 fully saturated rings. The number of hydrogen-bond donors (Lipinski definition) is 2. The second kappa shape index (κ2) is 5.89. The summed E-state index contributed by atoms with van der Waals surface area (Å²) in [6.45, 7) is 0.720. The van der Waals surface area contributed by atoms with Crippen molar-refractivity contribution in [2.45, 2.75) is 25.7 Å². The van der Waals surface area contributed by atoms with Gasteiger partial charge in [0, 0.05) is 17.8 Å². The van der Waals surface area contributed by atoms with Crippen molar-refractivity contribution in [2.24, 2.45) is 5.73 Å². The van der Waals surface area contributed by atoms with Gasteiger partial charge in [-0.1, -0.05) is 12.2 Å². The number of H-pyrrole nitrogens is 1. The van der Waals surface area contributed by atoms with E-state index in [-0.39, 0.29) is 0 Å². The van der Waals surface area contributed by atoms with Crippen LogP contribution in [0.25, 0.3) is 11.0 Å². The van der Waals surface area contributed by atoms with Crippen molar-refractivity contribution < 1.29 is 0 Å². The van der Waals surface area contributed by atoms with E-state index >= 15 is 0 Å². The average molecular weight is 247 g/mol. The van der Waals surface area contributed by atoms with Gasteiger partial charge in [-0.25, -0.2) is 4.98 Å². The summed E-state index contributed by atoms with van der Waals surface area (Å²) in [4.78, 5) is 8.52. The molecule has 90 valence electrons. The second-order valence-corrected chi connectivity index (χ2v) is 4.72. The van der Waals surface area contributed by atoms with Crippen molar-refractivity contribution in [3.63, 3.8) is 0 Å². The number of aromatic amines is 1. The molecule has 3 N–H and O–H groups in total. The molecule has 17 heavy (non-hydrogen) atoms. The lowest BCUT2D eigenvalue weighted by molar-refractivity contribution is 0.866. The monoisotopic (exact) mass is 247 g/mol. The lowest BCUT2D eigenvalue weighted by Crippen LogP contribution is -2.04. The first-order valence-electron chi connectivity index (χ1n) is 5.94. The number of aromatic nitrogens is 2. The van der Waals surface area contributed by atoms with Gasteiger partial charge in [0.25, 0.3) is 0 Å². The lowest BCUT2D eigenvalue weighted by Gasteiger charge is -2.04. The van der Waals surface area contributed by atoms with E-state index in [1.807, 2.05) is 12.4 Å². The fraction of sp³-hybridized carbons (Fsp3) is 0.385. The summed E-state index contributed by atoms with van der Waals surface area (Å²) in [6.07, 6.45) is 7.67. The highest BCUT2D eigenvalue weighted by Crippen LogP contribution is 2.17. The molecule has 0 saturated carbocycles. The number of hydrogen-bond acceptors (Lipinski definition) is 3. The lowest BCUT2D eigenvalue weighted by atomic mass is 10.0. The van der Waals surface area contributed by atoms with E-state index in [1.54, 1.807) is 0 Å². The van der Waals surface area contributed by atoms with Gasteiger partial charge < -0.3 is 10.7 Å². The first-order chi connectivity index (χ1) is 8.31. The van der Waals surface area contributed by atoms with Crippen LogP contribution in [0.3, 0.4) is 0 Å². The maximum atomic E-state index is 5.47. The van der Waals surface area contributed by atoms with Gasteiger partial charge in [-0.3, -0.25) is 0 Å². The number of nitrogens with two attached hydrogens (primary N) is 1. The summed E-state index contributed by atoms with van der Waals surface area (Å²) in [7, 11) is 0. The van der Waals surface area contributed by atoms with Crippen molar-refractivity contribution in [1.29, 1.82) is 0 Å². The Kier molecular flexibility index (Phi) is 4.23. The third kappa shape index (κ3) is 3.11. The molecule has 2 heterocycles. The number of fused-ring (bicyclic) bond motifs is 1. The van der Waals surface area contributed by atoms with E-state index in [0.29, 0.717) is 0 Å². The second-order valence-electron chi connectivity index (χ2n) is 4.14. The van der Waals surface area contributed by atoms with E-state index in [1.165, 1.54) is 10.9 Å². The third-order valence-corrected chi connectivity index (χ3v) is 3.29. The molecule has 0 aliphatic carbocycles. The highest BCUT2D eigenvalue weighted by Gasteiger charge is 2.04. The number of nitrogens with one attached hydrogen (secondary N) is 1. The van der Waals surface area contributed by atoms with E-state index in [4.69, 9.17) is 18.0 Å². The van der Waals surface area contributed by atoms with Crippen LogP contribution in [0.4, 0.5) is 0 Å². The molecule has 0 saturated heterocycles. The molecule has 3 nitrogen and oxygen atoms in total. The summed E-state index contributed by atoms with van der Waals surface area (Å²) in [5.74, 6) is 0. The number of thiocarbonyl (C=S) groups is 1. The van der Waals surface area contributed by atoms with Crippen molar-refractivity contribution in [1.82, 2.24) is 9.97 Å². The molecule has 0 atom stereocenters. The van der Waals surface area contributed by atoms with Crippen LogP contribution in [0.15, 0.2) is 24.5 Å². The summed E-state index contributed by atoms with van der Waals surface area (Å²) >= 11 is 5.34. The molecule has 0 bridgehead atoms. The SMILES string of the molecule is NCCCC(=S)CCc1ccnc2[nH]ccc12. The Morgan fingerprint density at radius 3 is 3.06 bits per heavy atom. The Bertz CT molecular complexity index is 504. The number of pyridine rings is 1. The van der Waals surface area contributed by atoms with Gasteiger partial charge in [-0.05, 0) is 54.8 Å². The summed E-state index contributed by atoms with van der Waals surface area (Å²) < 4.78 is 0. The average Bonchev–Trinajstić information content (AvgIpc) is 2.82. The standard InChI is InChI=1S/C13H17N3S/c14-7-1-2-11(17)4-3-10-5-8-15-13-12(10)6-9-16-13/h5-6,8-9H,1-4,7,14H2,(H,15,16). The Hall–Kier alpha value is -1.26. The van der Waals surface area contributed by atoms with Gasteiger partial charge in [0.1, 0.15) is 5.65 Å². The van der Waals surface area contributed by atoms with Gasteiger partial charge >= 0.3 is 0 Å². The third-order valence-electron chi connectivity index (χ3n) is 2.88. The van der Waals surface area contributed by atoms with Crippen LogP contribution >= 0.6 is 12.2 Å².